The van der Waals surface area contributed by atoms with Gasteiger partial charge >= 0.3 is 0 Å². The van der Waals surface area contributed by atoms with Gasteiger partial charge in [-0.3, -0.25) is 9.10 Å². The molecule has 1 aliphatic heterocycles. The van der Waals surface area contributed by atoms with Crippen LogP contribution in [0.15, 0.2) is 83.8 Å². The number of ether oxygens (including phenoxy) is 1. The van der Waals surface area contributed by atoms with Gasteiger partial charge in [-0.1, -0.05) is 36.4 Å². The first-order valence-electron chi connectivity index (χ1n) is 10.5. The molecule has 4 rings (SSSR count). The Morgan fingerprint density at radius 2 is 1.72 bits per heavy atom. The first-order valence-corrected chi connectivity index (χ1v) is 11.9. The number of benzene rings is 3. The molecule has 32 heavy (non-hydrogen) atoms. The van der Waals surface area contributed by atoms with Crippen LogP contribution in [0.25, 0.3) is 0 Å². The second kappa shape index (κ2) is 9.04. The Balaban J connectivity index is 1.60. The number of hydrogen-bond acceptors (Lipinski definition) is 4. The number of anilines is 1. The summed E-state index contributed by atoms with van der Waals surface area (Å²) in [4.78, 5) is 15.3. The van der Waals surface area contributed by atoms with Gasteiger partial charge < -0.3 is 9.64 Å². The number of methoxy groups -OCH3 is 1. The summed E-state index contributed by atoms with van der Waals surface area (Å²) in [7, 11) is -0.661. The smallest absolute Gasteiger partial charge is 0.264 e. The SMILES string of the molecule is COc1ccc(C2CCCN2C(=O)c2cccc(S(=O)(=O)N(C)c3ccccc3)c2)cc1. The highest BCUT2D eigenvalue weighted by Crippen LogP contribution is 2.34. The molecule has 7 heteroatoms. The normalized spacial score (nSPS) is 16.1. The van der Waals surface area contributed by atoms with Crippen molar-refractivity contribution in [2.45, 2.75) is 23.8 Å². The van der Waals surface area contributed by atoms with Crippen LogP contribution >= 0.6 is 0 Å². The minimum atomic E-state index is -3.80. The molecule has 6 nitrogen and oxygen atoms in total. The Hall–Kier alpha value is -3.32. The fourth-order valence-corrected chi connectivity index (χ4v) is 5.31. The predicted octanol–water partition coefficient (Wildman–Crippen LogP) is 4.50. The summed E-state index contributed by atoms with van der Waals surface area (Å²) in [6.45, 7) is 0.635. The third kappa shape index (κ3) is 4.21. The maximum atomic E-state index is 13.4. The van der Waals surface area contributed by atoms with Gasteiger partial charge in [-0.2, -0.15) is 0 Å². The van der Waals surface area contributed by atoms with Crippen LogP contribution in [0.3, 0.4) is 0 Å². The van der Waals surface area contributed by atoms with Crippen LogP contribution in [0.5, 0.6) is 5.75 Å². The molecule has 0 N–H and O–H groups in total. The molecule has 0 saturated carbocycles. The van der Waals surface area contributed by atoms with Gasteiger partial charge in [0, 0.05) is 19.2 Å². The summed E-state index contributed by atoms with van der Waals surface area (Å²) in [6, 6.07) is 22.9. The summed E-state index contributed by atoms with van der Waals surface area (Å²) < 4.78 is 32.8. The number of sulfonamides is 1. The molecule has 0 aromatic heterocycles. The van der Waals surface area contributed by atoms with E-state index in [1.165, 1.54) is 23.5 Å². The van der Waals surface area contributed by atoms with Gasteiger partial charge in [0.25, 0.3) is 15.9 Å². The monoisotopic (exact) mass is 450 g/mol. The molecule has 0 radical (unpaired) electrons. The number of hydrogen-bond donors (Lipinski definition) is 0. The maximum Gasteiger partial charge on any atom is 0.264 e. The Bertz CT molecular complexity index is 1190. The lowest BCUT2D eigenvalue weighted by atomic mass is 10.0. The first-order chi connectivity index (χ1) is 15.4. The molecule has 3 aromatic rings. The number of amides is 1. The molecule has 1 aliphatic rings. The minimum absolute atomic E-state index is 0.0411. The summed E-state index contributed by atoms with van der Waals surface area (Å²) in [6.07, 6.45) is 1.77. The van der Waals surface area contributed by atoms with Crippen LogP contribution < -0.4 is 9.04 Å². The molecule has 3 aromatic carbocycles. The average Bonchev–Trinajstić information content (AvgIpc) is 3.33. The van der Waals surface area contributed by atoms with Crippen molar-refractivity contribution in [3.63, 3.8) is 0 Å². The lowest BCUT2D eigenvalue weighted by molar-refractivity contribution is 0.0735. The molecule has 0 aliphatic carbocycles. The van der Waals surface area contributed by atoms with Gasteiger partial charge in [0.2, 0.25) is 0 Å². The van der Waals surface area contributed by atoms with Gasteiger partial charge in [-0.15, -0.1) is 0 Å². The van der Waals surface area contributed by atoms with E-state index in [2.05, 4.69) is 0 Å². The van der Waals surface area contributed by atoms with Gasteiger partial charge in [0.15, 0.2) is 0 Å². The Morgan fingerprint density at radius 1 is 1.00 bits per heavy atom. The van der Waals surface area contributed by atoms with Crippen molar-refractivity contribution in [1.29, 1.82) is 0 Å². The summed E-state index contributed by atoms with van der Waals surface area (Å²) >= 11 is 0. The van der Waals surface area contributed by atoms with E-state index in [0.29, 0.717) is 17.8 Å². The fourth-order valence-electron chi connectivity index (χ4n) is 4.07. The van der Waals surface area contributed by atoms with Crippen molar-refractivity contribution in [2.24, 2.45) is 0 Å². The predicted molar refractivity (Wildman–Crippen MR) is 124 cm³/mol. The van der Waals surface area contributed by atoms with Crippen molar-refractivity contribution >= 4 is 21.6 Å². The maximum absolute atomic E-state index is 13.4. The van der Waals surface area contributed by atoms with Gasteiger partial charge in [-0.25, -0.2) is 8.42 Å². The molecule has 1 unspecified atom stereocenters. The van der Waals surface area contributed by atoms with Crippen molar-refractivity contribution in [3.05, 3.63) is 90.0 Å². The lowest BCUT2D eigenvalue weighted by Gasteiger charge is -2.26. The van der Waals surface area contributed by atoms with Crippen molar-refractivity contribution in [3.8, 4) is 5.75 Å². The number of nitrogens with zero attached hydrogens (tertiary/aromatic N) is 2. The van der Waals surface area contributed by atoms with Crippen LogP contribution in [0, 0.1) is 0 Å². The molecule has 1 fully saturated rings. The summed E-state index contributed by atoms with van der Waals surface area (Å²) in [5, 5.41) is 0. The van der Waals surface area contributed by atoms with E-state index in [4.69, 9.17) is 4.74 Å². The number of carbonyl (C=O) groups is 1. The Labute approximate surface area is 189 Å². The largest absolute Gasteiger partial charge is 0.497 e. The Kier molecular flexibility index (Phi) is 6.19. The number of carbonyl (C=O) groups excluding carboxylic acids is 1. The highest BCUT2D eigenvalue weighted by molar-refractivity contribution is 7.92. The van der Waals surface area contributed by atoms with E-state index in [1.807, 2.05) is 35.2 Å². The molecule has 1 saturated heterocycles. The molecular formula is C25H26N2O4S. The van der Waals surface area contributed by atoms with E-state index in [1.54, 1.807) is 43.5 Å². The second-order valence-electron chi connectivity index (χ2n) is 7.77. The zero-order valence-corrected chi connectivity index (χ0v) is 19.0. The fraction of sp³-hybridized carbons (Fsp3) is 0.240. The van der Waals surface area contributed by atoms with Crippen LogP contribution in [-0.2, 0) is 10.0 Å². The van der Waals surface area contributed by atoms with Gasteiger partial charge in [-0.05, 0) is 60.9 Å². The molecular weight excluding hydrogens is 424 g/mol. The van der Waals surface area contributed by atoms with Crippen LogP contribution in [-0.4, -0.2) is 39.9 Å². The van der Waals surface area contributed by atoms with E-state index in [0.717, 1.165) is 24.2 Å². The standard InChI is InChI=1S/C25H26N2O4S/c1-26(21-9-4-3-5-10-21)32(29,30)23-11-6-8-20(18-23)25(28)27-17-7-12-24(27)19-13-15-22(31-2)16-14-19/h3-6,8-11,13-16,18,24H,7,12,17H2,1-2H3. The zero-order valence-electron chi connectivity index (χ0n) is 18.1. The number of likely N-dealkylation sites (tertiary alicyclic amines) is 1. The highest BCUT2D eigenvalue weighted by atomic mass is 32.2. The van der Waals surface area contributed by atoms with Crippen molar-refractivity contribution in [2.75, 3.05) is 25.0 Å². The molecule has 1 heterocycles. The summed E-state index contributed by atoms with van der Waals surface area (Å²) in [5.41, 5.74) is 1.97. The highest BCUT2D eigenvalue weighted by Gasteiger charge is 2.31. The van der Waals surface area contributed by atoms with E-state index in [9.17, 15) is 13.2 Å². The van der Waals surface area contributed by atoms with E-state index >= 15 is 0 Å². The number of rotatable bonds is 6. The Morgan fingerprint density at radius 3 is 2.41 bits per heavy atom. The number of para-hydroxylation sites is 1. The van der Waals surface area contributed by atoms with Crippen LogP contribution in [0.1, 0.15) is 34.8 Å². The topological polar surface area (TPSA) is 66.9 Å². The zero-order chi connectivity index (χ0) is 22.7. The second-order valence-corrected chi connectivity index (χ2v) is 9.73. The summed E-state index contributed by atoms with van der Waals surface area (Å²) in [5.74, 6) is 0.604. The lowest BCUT2D eigenvalue weighted by Crippen LogP contribution is -2.31. The minimum Gasteiger partial charge on any atom is -0.497 e. The first kappa shape index (κ1) is 21.9. The quantitative estimate of drug-likeness (QED) is 0.555. The molecule has 1 amide bonds. The van der Waals surface area contributed by atoms with Crippen LogP contribution in [0.2, 0.25) is 0 Å². The molecule has 0 spiro atoms. The van der Waals surface area contributed by atoms with Gasteiger partial charge in [0.1, 0.15) is 5.75 Å². The van der Waals surface area contributed by atoms with Crippen LogP contribution in [0.4, 0.5) is 5.69 Å². The molecule has 0 bridgehead atoms. The van der Waals surface area contributed by atoms with E-state index < -0.39 is 10.0 Å². The van der Waals surface area contributed by atoms with E-state index in [-0.39, 0.29) is 16.8 Å². The van der Waals surface area contributed by atoms with Crippen molar-refractivity contribution < 1.29 is 17.9 Å². The van der Waals surface area contributed by atoms with Gasteiger partial charge in [0.05, 0.1) is 23.7 Å². The molecule has 166 valence electrons. The average molecular weight is 451 g/mol. The molecule has 1 atom stereocenters. The van der Waals surface area contributed by atoms with Crippen molar-refractivity contribution in [1.82, 2.24) is 4.90 Å². The third-order valence-electron chi connectivity index (χ3n) is 5.87. The third-order valence-corrected chi connectivity index (χ3v) is 7.65.